The molecule has 1 heterocycles. The molecule has 4 N–H and O–H groups in total. The second-order valence-corrected chi connectivity index (χ2v) is 6.09. The van der Waals surface area contributed by atoms with Crippen molar-refractivity contribution in [1.29, 1.82) is 0 Å². The lowest BCUT2D eigenvalue weighted by Crippen LogP contribution is -2.22. The van der Waals surface area contributed by atoms with Crippen LogP contribution < -0.4 is 15.8 Å². The van der Waals surface area contributed by atoms with Crippen molar-refractivity contribution in [2.24, 2.45) is 10.9 Å². The van der Waals surface area contributed by atoms with Gasteiger partial charge in [0, 0.05) is 18.4 Å². The third kappa shape index (κ3) is 4.01. The van der Waals surface area contributed by atoms with Crippen molar-refractivity contribution < 1.29 is 8.42 Å². The minimum atomic E-state index is -3.73. The molecule has 0 aliphatic heterocycles. The molecule has 1 aromatic heterocycles. The molecule has 0 amide bonds. The molecule has 0 saturated heterocycles. The predicted octanol–water partition coefficient (Wildman–Crippen LogP) is 1.22. The maximum absolute atomic E-state index is 11.3. The highest BCUT2D eigenvalue weighted by Crippen LogP contribution is 2.23. The van der Waals surface area contributed by atoms with Gasteiger partial charge in [0.05, 0.1) is 0 Å². The maximum atomic E-state index is 11.3. The molecule has 0 aliphatic rings. The third-order valence-electron chi connectivity index (χ3n) is 2.98. The summed E-state index contributed by atoms with van der Waals surface area (Å²) >= 11 is 0. The second-order valence-electron chi connectivity index (χ2n) is 4.53. The number of hydrogen-bond donors (Lipinski definition) is 2. The molecular formula is C14H18N4O2S. The van der Waals surface area contributed by atoms with Crippen LogP contribution in [0.3, 0.4) is 0 Å². The number of para-hydroxylation sites is 1. The number of hydrogen-bond acceptors (Lipinski definition) is 5. The normalized spacial score (nSPS) is 11.3. The van der Waals surface area contributed by atoms with Gasteiger partial charge in [0.25, 0.3) is 0 Å². The number of nitrogens with two attached hydrogens (primary N) is 2. The molecule has 0 radical (unpaired) electrons. The molecule has 0 aliphatic carbocycles. The van der Waals surface area contributed by atoms with Gasteiger partial charge in [0.2, 0.25) is 10.0 Å². The fourth-order valence-electron chi connectivity index (χ4n) is 1.93. The van der Waals surface area contributed by atoms with E-state index < -0.39 is 10.0 Å². The van der Waals surface area contributed by atoms with Crippen molar-refractivity contribution in [2.75, 3.05) is 18.0 Å². The summed E-state index contributed by atoms with van der Waals surface area (Å²) in [6.45, 7) is 1.26. The second kappa shape index (κ2) is 6.66. The van der Waals surface area contributed by atoms with Crippen molar-refractivity contribution in [3.05, 3.63) is 48.7 Å². The summed E-state index contributed by atoms with van der Waals surface area (Å²) in [6, 6.07) is 12.8. The number of sulfonamides is 1. The lowest BCUT2D eigenvalue weighted by Gasteiger charge is -2.23. The molecule has 7 heteroatoms. The zero-order chi connectivity index (χ0) is 15.3. The largest absolute Gasteiger partial charge is 0.330 e. The van der Waals surface area contributed by atoms with E-state index in [4.69, 9.17) is 10.9 Å². The van der Waals surface area contributed by atoms with Crippen LogP contribution in [0, 0.1) is 0 Å². The number of nitrogens with zero attached hydrogens (tertiary/aromatic N) is 2. The quantitative estimate of drug-likeness (QED) is 0.835. The number of aromatic nitrogens is 1. The summed E-state index contributed by atoms with van der Waals surface area (Å²) in [6.07, 6.45) is 2.07. The Morgan fingerprint density at radius 3 is 2.33 bits per heavy atom. The van der Waals surface area contributed by atoms with Crippen molar-refractivity contribution >= 4 is 21.5 Å². The van der Waals surface area contributed by atoms with Crippen LogP contribution in [0.4, 0.5) is 11.5 Å². The topological polar surface area (TPSA) is 102 Å². The van der Waals surface area contributed by atoms with E-state index in [1.165, 1.54) is 12.3 Å². The first-order valence-electron chi connectivity index (χ1n) is 6.54. The minimum absolute atomic E-state index is 0.00177. The SMILES string of the molecule is NCCCN(c1ccccc1)c1ccc(S(N)(=O)=O)cn1. The number of rotatable bonds is 6. The van der Waals surface area contributed by atoms with Gasteiger partial charge in [0.15, 0.2) is 0 Å². The van der Waals surface area contributed by atoms with Crippen molar-refractivity contribution in [3.8, 4) is 0 Å². The molecule has 6 nitrogen and oxygen atoms in total. The Kier molecular flexibility index (Phi) is 4.89. The summed E-state index contributed by atoms with van der Waals surface area (Å²) in [5.41, 5.74) is 6.55. The van der Waals surface area contributed by atoms with Crippen molar-refractivity contribution in [3.63, 3.8) is 0 Å². The first kappa shape index (κ1) is 15.4. The minimum Gasteiger partial charge on any atom is -0.330 e. The van der Waals surface area contributed by atoms with Gasteiger partial charge in [-0.2, -0.15) is 0 Å². The molecule has 0 bridgehead atoms. The van der Waals surface area contributed by atoms with Crippen LogP contribution >= 0.6 is 0 Å². The van der Waals surface area contributed by atoms with Gasteiger partial charge in [0.1, 0.15) is 10.7 Å². The summed E-state index contributed by atoms with van der Waals surface area (Å²) in [4.78, 5) is 6.18. The van der Waals surface area contributed by atoms with E-state index >= 15 is 0 Å². The van der Waals surface area contributed by atoms with Crippen molar-refractivity contribution in [2.45, 2.75) is 11.3 Å². The molecule has 21 heavy (non-hydrogen) atoms. The Balaban J connectivity index is 2.33. The Hall–Kier alpha value is -1.96. The molecular weight excluding hydrogens is 288 g/mol. The zero-order valence-corrected chi connectivity index (χ0v) is 12.3. The fraction of sp³-hybridized carbons (Fsp3) is 0.214. The molecule has 0 unspecified atom stereocenters. The molecule has 1 aromatic carbocycles. The highest BCUT2D eigenvalue weighted by Gasteiger charge is 2.12. The van der Waals surface area contributed by atoms with Gasteiger partial charge in [-0.05, 0) is 37.2 Å². The highest BCUT2D eigenvalue weighted by atomic mass is 32.2. The molecule has 0 saturated carbocycles. The Labute approximate surface area is 124 Å². The first-order chi connectivity index (χ1) is 10.0. The Bertz CT molecular complexity index is 672. The maximum Gasteiger partial charge on any atom is 0.239 e. The molecule has 2 rings (SSSR count). The standard InChI is InChI=1S/C14H18N4O2S/c15-9-4-10-18(12-5-2-1-3-6-12)14-8-7-13(11-17-14)21(16,19)20/h1-3,5-8,11H,4,9-10,15H2,(H2,16,19,20). The fourth-order valence-corrected chi connectivity index (χ4v) is 2.39. The lowest BCUT2D eigenvalue weighted by molar-refractivity contribution is 0.597. The molecule has 2 aromatic rings. The first-order valence-corrected chi connectivity index (χ1v) is 8.08. The van der Waals surface area contributed by atoms with Gasteiger partial charge >= 0.3 is 0 Å². The third-order valence-corrected chi connectivity index (χ3v) is 3.88. The number of benzene rings is 1. The van der Waals surface area contributed by atoms with Gasteiger partial charge in [-0.25, -0.2) is 18.5 Å². The molecule has 112 valence electrons. The number of primary sulfonamides is 1. The van der Waals surface area contributed by atoms with Crippen LogP contribution in [0.1, 0.15) is 6.42 Å². The summed E-state index contributed by atoms with van der Waals surface area (Å²) in [5, 5.41) is 5.08. The van der Waals surface area contributed by atoms with Crippen molar-refractivity contribution in [1.82, 2.24) is 4.98 Å². The van der Waals surface area contributed by atoms with E-state index in [-0.39, 0.29) is 4.90 Å². The average Bonchev–Trinajstić information content (AvgIpc) is 2.48. The Morgan fingerprint density at radius 1 is 1.10 bits per heavy atom. The van der Waals surface area contributed by atoms with E-state index in [1.54, 1.807) is 6.07 Å². The summed E-state index contributed by atoms with van der Waals surface area (Å²) < 4.78 is 22.5. The highest BCUT2D eigenvalue weighted by molar-refractivity contribution is 7.89. The van der Waals surface area contributed by atoms with Gasteiger partial charge < -0.3 is 10.6 Å². The van der Waals surface area contributed by atoms with E-state index in [0.29, 0.717) is 18.9 Å². The van der Waals surface area contributed by atoms with Crippen LogP contribution in [-0.4, -0.2) is 26.5 Å². The van der Waals surface area contributed by atoms with Crippen LogP contribution in [0.25, 0.3) is 0 Å². The Morgan fingerprint density at radius 2 is 1.81 bits per heavy atom. The summed E-state index contributed by atoms with van der Waals surface area (Å²) in [5.74, 6) is 0.655. The van der Waals surface area contributed by atoms with Gasteiger partial charge in [-0.15, -0.1) is 0 Å². The number of pyridine rings is 1. The van der Waals surface area contributed by atoms with E-state index in [2.05, 4.69) is 4.98 Å². The molecule has 0 fully saturated rings. The van der Waals surface area contributed by atoms with Crippen LogP contribution in [0.15, 0.2) is 53.6 Å². The van der Waals surface area contributed by atoms with Crippen LogP contribution in [0.5, 0.6) is 0 Å². The monoisotopic (exact) mass is 306 g/mol. The van der Waals surface area contributed by atoms with Gasteiger partial charge in [-0.3, -0.25) is 0 Å². The number of anilines is 2. The lowest BCUT2D eigenvalue weighted by atomic mass is 10.2. The smallest absolute Gasteiger partial charge is 0.239 e. The van der Waals surface area contributed by atoms with E-state index in [1.807, 2.05) is 35.2 Å². The van der Waals surface area contributed by atoms with Gasteiger partial charge in [-0.1, -0.05) is 18.2 Å². The zero-order valence-electron chi connectivity index (χ0n) is 11.5. The summed E-state index contributed by atoms with van der Waals surface area (Å²) in [7, 11) is -3.73. The molecule has 0 atom stereocenters. The van der Waals surface area contributed by atoms with E-state index in [9.17, 15) is 8.42 Å². The van der Waals surface area contributed by atoms with Crippen LogP contribution in [-0.2, 0) is 10.0 Å². The van der Waals surface area contributed by atoms with Crippen LogP contribution in [0.2, 0.25) is 0 Å². The van der Waals surface area contributed by atoms with E-state index in [0.717, 1.165) is 12.1 Å². The predicted molar refractivity (Wildman–Crippen MR) is 82.7 cm³/mol. The molecule has 0 spiro atoms. The average molecular weight is 306 g/mol.